The SMILES string of the molecule is CC(C)C[C@H]1C[C@@H](c2onc([C@H](CCO)CC(=O)OC(C)(C)C)c2C2CC2)C1. The highest BCUT2D eigenvalue weighted by Crippen LogP contribution is 2.52. The molecule has 0 aliphatic heterocycles. The molecule has 2 aliphatic rings. The predicted octanol–water partition coefficient (Wildman–Crippen LogP) is 5.29. The van der Waals surface area contributed by atoms with Gasteiger partial charge < -0.3 is 14.4 Å². The van der Waals surface area contributed by atoms with Crippen LogP contribution < -0.4 is 0 Å². The van der Waals surface area contributed by atoms with Gasteiger partial charge in [-0.2, -0.15) is 0 Å². The number of aliphatic hydroxyl groups is 1. The normalized spacial score (nSPS) is 23.5. The molecule has 0 spiro atoms. The van der Waals surface area contributed by atoms with Crippen molar-refractivity contribution in [3.8, 4) is 0 Å². The summed E-state index contributed by atoms with van der Waals surface area (Å²) in [6.45, 7) is 10.2. The summed E-state index contributed by atoms with van der Waals surface area (Å²) in [5.41, 5.74) is 1.63. The molecule has 5 heteroatoms. The number of aromatic nitrogens is 1. The van der Waals surface area contributed by atoms with Crippen molar-refractivity contribution in [1.82, 2.24) is 5.16 Å². The minimum absolute atomic E-state index is 0.0274. The van der Waals surface area contributed by atoms with Crippen LogP contribution in [0.2, 0.25) is 0 Å². The van der Waals surface area contributed by atoms with Crippen LogP contribution in [0.5, 0.6) is 0 Å². The Hall–Kier alpha value is -1.36. The number of hydrogen-bond acceptors (Lipinski definition) is 5. The van der Waals surface area contributed by atoms with Crippen molar-refractivity contribution < 1.29 is 19.2 Å². The van der Waals surface area contributed by atoms with E-state index in [1.54, 1.807) is 0 Å². The number of esters is 1. The topological polar surface area (TPSA) is 72.6 Å². The molecule has 0 aromatic carbocycles. The van der Waals surface area contributed by atoms with Crippen LogP contribution >= 0.6 is 0 Å². The quantitative estimate of drug-likeness (QED) is 0.579. The van der Waals surface area contributed by atoms with Gasteiger partial charge in [-0.3, -0.25) is 4.79 Å². The van der Waals surface area contributed by atoms with Crippen LogP contribution in [0.1, 0.15) is 114 Å². The molecule has 2 saturated carbocycles. The fourth-order valence-electron chi connectivity index (χ4n) is 4.58. The molecule has 0 bridgehead atoms. The van der Waals surface area contributed by atoms with E-state index in [4.69, 9.17) is 9.26 Å². The van der Waals surface area contributed by atoms with Crippen LogP contribution in [0.4, 0.5) is 0 Å². The molecule has 1 atom stereocenters. The van der Waals surface area contributed by atoms with Crippen LogP contribution in [-0.4, -0.2) is 28.4 Å². The van der Waals surface area contributed by atoms with Crippen molar-refractivity contribution in [2.75, 3.05) is 6.61 Å². The van der Waals surface area contributed by atoms with Gasteiger partial charge in [-0.1, -0.05) is 19.0 Å². The lowest BCUT2D eigenvalue weighted by molar-refractivity contribution is -0.155. The molecule has 0 radical (unpaired) electrons. The van der Waals surface area contributed by atoms with Gasteiger partial charge in [0.1, 0.15) is 11.4 Å². The molecule has 2 fully saturated rings. The fraction of sp³-hybridized carbons (Fsp3) is 0.826. The van der Waals surface area contributed by atoms with E-state index in [2.05, 4.69) is 19.0 Å². The lowest BCUT2D eigenvalue weighted by Crippen LogP contribution is -2.25. The Balaban J connectivity index is 1.74. The summed E-state index contributed by atoms with van der Waals surface area (Å²) in [4.78, 5) is 12.4. The van der Waals surface area contributed by atoms with Gasteiger partial charge in [0.2, 0.25) is 0 Å². The van der Waals surface area contributed by atoms with Crippen LogP contribution in [0, 0.1) is 11.8 Å². The third kappa shape index (κ3) is 5.37. The second kappa shape index (κ2) is 8.56. The molecule has 28 heavy (non-hydrogen) atoms. The number of carbonyl (C=O) groups excluding carboxylic acids is 1. The molecule has 3 rings (SSSR count). The van der Waals surface area contributed by atoms with E-state index in [1.807, 2.05) is 20.8 Å². The lowest BCUT2D eigenvalue weighted by atomic mass is 9.69. The van der Waals surface area contributed by atoms with E-state index >= 15 is 0 Å². The molecule has 1 heterocycles. The zero-order chi connectivity index (χ0) is 20.5. The summed E-state index contributed by atoms with van der Waals surface area (Å²) in [6.07, 6.45) is 6.73. The number of nitrogens with zero attached hydrogens (tertiary/aromatic N) is 1. The van der Waals surface area contributed by atoms with E-state index in [1.165, 1.54) is 37.7 Å². The van der Waals surface area contributed by atoms with E-state index in [0.29, 0.717) is 18.3 Å². The lowest BCUT2D eigenvalue weighted by Gasteiger charge is -2.35. The Kier molecular flexibility index (Phi) is 6.53. The number of ether oxygens (including phenoxy) is 1. The number of aliphatic hydroxyl groups excluding tert-OH is 1. The summed E-state index contributed by atoms with van der Waals surface area (Å²) in [6, 6.07) is 0. The number of rotatable bonds is 9. The molecule has 158 valence electrons. The van der Waals surface area contributed by atoms with E-state index in [-0.39, 0.29) is 24.9 Å². The first-order valence-electron chi connectivity index (χ1n) is 11.0. The summed E-state index contributed by atoms with van der Waals surface area (Å²) in [5, 5.41) is 14.0. The molecule has 2 aliphatic carbocycles. The highest BCUT2D eigenvalue weighted by atomic mass is 16.6. The predicted molar refractivity (Wildman–Crippen MR) is 108 cm³/mol. The van der Waals surface area contributed by atoms with E-state index in [0.717, 1.165) is 23.3 Å². The van der Waals surface area contributed by atoms with Crippen LogP contribution in [0.25, 0.3) is 0 Å². The van der Waals surface area contributed by atoms with E-state index in [9.17, 15) is 9.90 Å². The zero-order valence-corrected chi connectivity index (χ0v) is 18.2. The average molecular weight is 392 g/mol. The molecular weight excluding hydrogens is 354 g/mol. The Bertz CT molecular complexity index is 663. The Labute approximate surface area is 169 Å². The summed E-state index contributed by atoms with van der Waals surface area (Å²) >= 11 is 0. The van der Waals surface area contributed by atoms with Crippen molar-refractivity contribution in [3.63, 3.8) is 0 Å². The average Bonchev–Trinajstić information content (AvgIpc) is 3.27. The first-order chi connectivity index (χ1) is 13.2. The zero-order valence-electron chi connectivity index (χ0n) is 18.2. The Morgan fingerprint density at radius 2 is 1.93 bits per heavy atom. The summed E-state index contributed by atoms with van der Waals surface area (Å²) < 4.78 is 11.4. The molecule has 1 aromatic rings. The standard InChI is InChI=1S/C23H37NO4/c1-14(2)10-15-11-18(12-15)22-20(16-6-7-16)21(24-28-22)17(8-9-25)13-19(26)27-23(3,4)5/h14-18,25H,6-13H2,1-5H3/t15-,17-,18+/m1/s1. The first-order valence-corrected chi connectivity index (χ1v) is 11.0. The van der Waals surface area contributed by atoms with Crippen molar-refractivity contribution in [2.24, 2.45) is 11.8 Å². The molecular formula is C23H37NO4. The smallest absolute Gasteiger partial charge is 0.306 e. The molecule has 5 nitrogen and oxygen atoms in total. The van der Waals surface area contributed by atoms with Crippen molar-refractivity contribution >= 4 is 5.97 Å². The van der Waals surface area contributed by atoms with Gasteiger partial charge in [-0.05, 0) is 77.0 Å². The Morgan fingerprint density at radius 1 is 1.25 bits per heavy atom. The largest absolute Gasteiger partial charge is 0.460 e. The minimum Gasteiger partial charge on any atom is -0.460 e. The molecule has 0 amide bonds. The van der Waals surface area contributed by atoms with Crippen LogP contribution in [-0.2, 0) is 9.53 Å². The van der Waals surface area contributed by atoms with Gasteiger partial charge in [0.05, 0.1) is 12.1 Å². The molecule has 1 N–H and O–H groups in total. The maximum absolute atomic E-state index is 12.4. The second-order valence-corrected chi connectivity index (χ2v) is 10.3. The van der Waals surface area contributed by atoms with Crippen molar-refractivity contribution in [3.05, 3.63) is 17.0 Å². The monoisotopic (exact) mass is 391 g/mol. The molecule has 0 saturated heterocycles. The maximum atomic E-state index is 12.4. The number of hydrogen-bond donors (Lipinski definition) is 1. The van der Waals surface area contributed by atoms with Gasteiger partial charge in [0, 0.05) is 24.0 Å². The maximum Gasteiger partial charge on any atom is 0.306 e. The van der Waals surface area contributed by atoms with E-state index < -0.39 is 5.60 Å². The summed E-state index contributed by atoms with van der Waals surface area (Å²) in [7, 11) is 0. The second-order valence-electron chi connectivity index (χ2n) is 10.3. The third-order valence-corrected chi connectivity index (χ3v) is 5.88. The highest BCUT2D eigenvalue weighted by molar-refractivity contribution is 5.71. The van der Waals surface area contributed by atoms with Gasteiger partial charge >= 0.3 is 5.97 Å². The van der Waals surface area contributed by atoms with Crippen molar-refractivity contribution in [2.45, 2.75) is 103 Å². The third-order valence-electron chi connectivity index (χ3n) is 5.88. The van der Waals surface area contributed by atoms with Gasteiger partial charge in [-0.15, -0.1) is 0 Å². The molecule has 1 aromatic heterocycles. The van der Waals surface area contributed by atoms with Gasteiger partial charge in [-0.25, -0.2) is 0 Å². The van der Waals surface area contributed by atoms with Crippen LogP contribution in [0.15, 0.2) is 4.52 Å². The van der Waals surface area contributed by atoms with Gasteiger partial charge in [0.15, 0.2) is 0 Å². The molecule has 0 unspecified atom stereocenters. The highest BCUT2D eigenvalue weighted by Gasteiger charge is 2.41. The van der Waals surface area contributed by atoms with Crippen molar-refractivity contribution in [1.29, 1.82) is 0 Å². The van der Waals surface area contributed by atoms with Crippen LogP contribution in [0.3, 0.4) is 0 Å². The summed E-state index contributed by atoms with van der Waals surface area (Å²) in [5.74, 6) is 3.20. The first kappa shape index (κ1) is 21.4. The Morgan fingerprint density at radius 3 is 2.46 bits per heavy atom. The number of carbonyl (C=O) groups is 1. The minimum atomic E-state index is -0.507. The fourth-order valence-corrected chi connectivity index (χ4v) is 4.58. The van der Waals surface area contributed by atoms with Gasteiger partial charge in [0.25, 0.3) is 0 Å².